The number of piperidine rings is 1. The third kappa shape index (κ3) is 4.38. The van der Waals surface area contributed by atoms with Crippen molar-refractivity contribution in [1.82, 2.24) is 35.1 Å². The largest absolute Gasteiger partial charge is 0.381 e. The molecule has 2 aliphatic heterocycles. The van der Waals surface area contributed by atoms with Crippen LogP contribution in [0.2, 0.25) is 0 Å². The van der Waals surface area contributed by atoms with Gasteiger partial charge in [-0.3, -0.25) is 4.90 Å². The summed E-state index contributed by atoms with van der Waals surface area (Å²) in [7, 11) is 0. The quantitative estimate of drug-likeness (QED) is 0.490. The fourth-order valence-corrected chi connectivity index (χ4v) is 5.90. The van der Waals surface area contributed by atoms with Gasteiger partial charge in [0.2, 0.25) is 5.95 Å². The molecule has 1 aliphatic carbocycles. The molecule has 0 radical (unpaired) electrons. The van der Waals surface area contributed by atoms with Gasteiger partial charge in [-0.25, -0.2) is 27.2 Å². The summed E-state index contributed by atoms with van der Waals surface area (Å²) >= 11 is 0. The summed E-state index contributed by atoms with van der Waals surface area (Å²) in [5.74, 6) is -4.57. The zero-order valence-electron chi connectivity index (χ0n) is 20.4. The lowest BCUT2D eigenvalue weighted by Gasteiger charge is -2.47. The minimum absolute atomic E-state index is 0.0162. The van der Waals surface area contributed by atoms with Crippen LogP contribution in [0.25, 0.3) is 16.9 Å². The number of alkyl halides is 2. The van der Waals surface area contributed by atoms with Crippen LogP contribution >= 0.6 is 0 Å². The van der Waals surface area contributed by atoms with Crippen LogP contribution < -0.4 is 11.1 Å². The first-order chi connectivity index (χ1) is 17.5. The lowest BCUT2D eigenvalue weighted by atomic mass is 9.84. The monoisotopic (exact) mass is 517 g/mol. The number of nitrogens with zero attached hydrogens (tertiary/aromatic N) is 7. The molecule has 9 nitrogen and oxygen atoms in total. The van der Waals surface area contributed by atoms with Crippen LogP contribution in [0.15, 0.2) is 18.5 Å². The van der Waals surface area contributed by atoms with Crippen LogP contribution in [-0.2, 0) is 0 Å². The summed E-state index contributed by atoms with van der Waals surface area (Å²) in [6.45, 7) is 3.59. The van der Waals surface area contributed by atoms with Crippen molar-refractivity contribution in [3.05, 3.63) is 35.7 Å². The number of aromatic nitrogens is 6. The standard InChI is InChI=1S/C24H27F4N9/c1-23(2)8-13(5-14-9-24(27,28)10-36(14)23)31-22-32-20(19(26)21(29)33-22)16-7-18(37-11-30-34-35-37)15(6-17(16)25)12-3-4-12/h6-7,11-14H,3-5,8-10H2,1-2H3,(H3,29,31,32,33)/t13-,14-/m1/s1. The molecule has 3 aliphatic rings. The third-order valence-electron chi connectivity index (χ3n) is 7.65. The Bertz CT molecular complexity index is 1340. The second-order valence-electron chi connectivity index (χ2n) is 10.9. The normalized spacial score (nSPS) is 24.7. The average Bonchev–Trinajstić information content (AvgIpc) is 3.41. The Labute approximate surface area is 210 Å². The highest BCUT2D eigenvalue weighted by molar-refractivity contribution is 5.69. The summed E-state index contributed by atoms with van der Waals surface area (Å²) in [5, 5.41) is 14.4. The van der Waals surface area contributed by atoms with E-state index in [2.05, 4.69) is 30.8 Å². The van der Waals surface area contributed by atoms with Crippen LogP contribution in [-0.4, -0.2) is 65.2 Å². The van der Waals surface area contributed by atoms with Crippen molar-refractivity contribution in [3.8, 4) is 16.9 Å². The predicted octanol–water partition coefficient (Wildman–Crippen LogP) is 3.92. The fourth-order valence-electron chi connectivity index (χ4n) is 5.90. The molecular weight excluding hydrogens is 490 g/mol. The number of nitrogens with two attached hydrogens (primary N) is 1. The molecule has 1 aromatic carbocycles. The summed E-state index contributed by atoms with van der Waals surface area (Å²) in [4.78, 5) is 10.2. The topological polar surface area (TPSA) is 111 Å². The number of benzene rings is 1. The van der Waals surface area contributed by atoms with E-state index in [9.17, 15) is 8.78 Å². The molecule has 37 heavy (non-hydrogen) atoms. The molecule has 196 valence electrons. The van der Waals surface area contributed by atoms with Crippen LogP contribution in [0.1, 0.15) is 57.4 Å². The van der Waals surface area contributed by atoms with Crippen molar-refractivity contribution in [1.29, 1.82) is 0 Å². The maximum atomic E-state index is 15.3. The smallest absolute Gasteiger partial charge is 0.262 e. The van der Waals surface area contributed by atoms with Crippen molar-refractivity contribution in [2.75, 3.05) is 17.6 Å². The van der Waals surface area contributed by atoms with Gasteiger partial charge in [0.05, 0.1) is 12.2 Å². The molecular formula is C24H27F4N9. The van der Waals surface area contributed by atoms with E-state index in [1.165, 1.54) is 23.1 Å². The predicted molar refractivity (Wildman–Crippen MR) is 127 cm³/mol. The van der Waals surface area contributed by atoms with Crippen LogP contribution in [0, 0.1) is 11.6 Å². The average molecular weight is 518 g/mol. The van der Waals surface area contributed by atoms with Gasteiger partial charge in [0.1, 0.15) is 17.8 Å². The molecule has 3 fully saturated rings. The van der Waals surface area contributed by atoms with E-state index in [4.69, 9.17) is 5.73 Å². The van der Waals surface area contributed by atoms with Gasteiger partial charge < -0.3 is 11.1 Å². The highest BCUT2D eigenvalue weighted by Gasteiger charge is 2.53. The molecule has 4 heterocycles. The maximum absolute atomic E-state index is 15.3. The number of hydrogen-bond acceptors (Lipinski definition) is 8. The minimum atomic E-state index is -2.73. The molecule has 13 heteroatoms. The molecule has 1 saturated carbocycles. The van der Waals surface area contributed by atoms with Crippen LogP contribution in [0.3, 0.4) is 0 Å². The second-order valence-corrected chi connectivity index (χ2v) is 10.9. The number of tetrazole rings is 1. The molecule has 3 aromatic rings. The number of nitrogen functional groups attached to an aromatic ring is 1. The molecule has 0 spiro atoms. The lowest BCUT2D eigenvalue weighted by Crippen LogP contribution is -2.55. The highest BCUT2D eigenvalue weighted by Crippen LogP contribution is 2.45. The Kier molecular flexibility index (Phi) is 5.41. The molecule has 0 amide bonds. The first-order valence-electron chi connectivity index (χ1n) is 12.3. The zero-order chi connectivity index (χ0) is 26.1. The first kappa shape index (κ1) is 24.0. The van der Waals surface area contributed by atoms with E-state index in [0.29, 0.717) is 18.5 Å². The number of nitrogens with one attached hydrogen (secondary N) is 1. The SMILES string of the molecule is CC1(C)C[C@H](Nc2nc(N)c(F)c(-c3cc(-n4cnnn4)c(C4CC4)cc3F)n2)C[C@@H]2CC(F)(F)CN21. The van der Waals surface area contributed by atoms with E-state index in [1.807, 2.05) is 18.7 Å². The zero-order valence-corrected chi connectivity index (χ0v) is 20.4. The molecule has 2 saturated heterocycles. The van der Waals surface area contributed by atoms with Crippen molar-refractivity contribution >= 4 is 11.8 Å². The van der Waals surface area contributed by atoms with Gasteiger partial charge in [-0.1, -0.05) is 0 Å². The molecule has 0 unspecified atom stereocenters. The van der Waals surface area contributed by atoms with Gasteiger partial charge in [-0.05, 0) is 73.6 Å². The van der Waals surface area contributed by atoms with E-state index >= 15 is 8.78 Å². The Balaban J connectivity index is 1.34. The van der Waals surface area contributed by atoms with Gasteiger partial charge in [0.15, 0.2) is 11.6 Å². The molecule has 0 bridgehead atoms. The molecule has 6 rings (SSSR count). The highest BCUT2D eigenvalue weighted by atomic mass is 19.3. The van der Waals surface area contributed by atoms with Crippen molar-refractivity contribution in [2.45, 2.75) is 75.4 Å². The number of anilines is 2. The summed E-state index contributed by atoms with van der Waals surface area (Å²) < 4.78 is 60.2. The summed E-state index contributed by atoms with van der Waals surface area (Å²) in [6.07, 6.45) is 4.00. The molecule has 2 atom stereocenters. The maximum Gasteiger partial charge on any atom is 0.262 e. The minimum Gasteiger partial charge on any atom is -0.381 e. The Morgan fingerprint density at radius 2 is 1.89 bits per heavy atom. The Hall–Kier alpha value is -3.35. The van der Waals surface area contributed by atoms with Gasteiger partial charge in [-0.2, -0.15) is 4.98 Å². The Morgan fingerprint density at radius 1 is 1.11 bits per heavy atom. The summed E-state index contributed by atoms with van der Waals surface area (Å²) in [5.41, 5.74) is 6.26. The lowest BCUT2D eigenvalue weighted by molar-refractivity contribution is -0.00687. The van der Waals surface area contributed by atoms with Crippen molar-refractivity contribution in [3.63, 3.8) is 0 Å². The second kappa shape index (κ2) is 8.33. The van der Waals surface area contributed by atoms with Crippen LogP contribution in [0.4, 0.5) is 29.3 Å². The van der Waals surface area contributed by atoms with Gasteiger partial charge in [0, 0.05) is 29.6 Å². The van der Waals surface area contributed by atoms with Gasteiger partial charge in [0.25, 0.3) is 5.92 Å². The van der Waals surface area contributed by atoms with E-state index in [0.717, 1.165) is 18.4 Å². The molecule has 2 aromatic heterocycles. The number of fused-ring (bicyclic) bond motifs is 1. The van der Waals surface area contributed by atoms with Gasteiger partial charge >= 0.3 is 0 Å². The fraction of sp³-hybridized carbons (Fsp3) is 0.542. The number of hydrogen-bond donors (Lipinski definition) is 2. The van der Waals surface area contributed by atoms with Crippen LogP contribution in [0.5, 0.6) is 0 Å². The first-order valence-corrected chi connectivity index (χ1v) is 12.3. The van der Waals surface area contributed by atoms with Crippen molar-refractivity contribution in [2.24, 2.45) is 0 Å². The van der Waals surface area contributed by atoms with E-state index in [-0.39, 0.29) is 48.2 Å². The van der Waals surface area contributed by atoms with E-state index in [1.54, 1.807) is 0 Å². The number of halogens is 4. The summed E-state index contributed by atoms with van der Waals surface area (Å²) in [6, 6.07) is 2.28. The molecule has 3 N–H and O–H groups in total. The van der Waals surface area contributed by atoms with E-state index < -0.39 is 28.9 Å². The Morgan fingerprint density at radius 3 is 2.59 bits per heavy atom. The number of rotatable bonds is 5. The third-order valence-corrected chi connectivity index (χ3v) is 7.65. The van der Waals surface area contributed by atoms with Gasteiger partial charge in [-0.15, -0.1) is 5.10 Å². The van der Waals surface area contributed by atoms with Crippen molar-refractivity contribution < 1.29 is 17.6 Å².